The standard InChI is InChI=1S/C60H85N9O11/c1-12-36(4)48-56(76)67-29-19-26-46(67)53(73)62-42(33-39-34-69(58(78)80-60(9,10)11)44-24-17-16-23-40(39)44)50(70)63-43(32-38-21-14-13-15-22-38)55(75)66-28-18-25-45(66)52(72)61-41(31-35(2)3)51(71)65-49(37(5)79-59(6,7)8)57(77)68-30-20-27-47(68)54(74)64-48/h13-17,21-24,34-37,41-43,45-49H,12,18-20,25-33H2,1-11H3,(H,61,72)(H,62,73)(H,63,70)(H,64,74)(H,65,71)/t36-,37+,41-,42-,43-,45-,46-,47-,48-,49-/m0/s1. The van der Waals surface area contributed by atoms with E-state index in [0.717, 1.165) is 0 Å². The minimum atomic E-state index is -1.39. The Morgan fingerprint density at radius 3 is 1.61 bits per heavy atom. The van der Waals surface area contributed by atoms with E-state index in [1.807, 2.05) is 66.7 Å². The first-order chi connectivity index (χ1) is 37.7. The molecular formula is C60H85N9O11. The first-order valence-corrected chi connectivity index (χ1v) is 28.7. The molecule has 0 bridgehead atoms. The van der Waals surface area contributed by atoms with E-state index in [2.05, 4.69) is 26.6 Å². The number of nitrogens with one attached hydrogen (secondary N) is 5. The average molecular weight is 1110 g/mol. The van der Waals surface area contributed by atoms with Gasteiger partial charge in [-0.25, -0.2) is 4.79 Å². The molecule has 4 aliphatic heterocycles. The third-order valence-electron chi connectivity index (χ3n) is 15.5. The Balaban J connectivity index is 1.32. The lowest BCUT2D eigenvalue weighted by Gasteiger charge is -2.36. The Kier molecular flexibility index (Phi) is 19.6. The minimum Gasteiger partial charge on any atom is -0.443 e. The highest BCUT2D eigenvalue weighted by Gasteiger charge is 2.46. The second-order valence-electron chi connectivity index (χ2n) is 24.6. The van der Waals surface area contributed by atoms with E-state index in [9.17, 15) is 28.8 Å². The van der Waals surface area contributed by atoms with E-state index in [4.69, 9.17) is 9.47 Å². The number of fused-ring (bicyclic) bond motifs is 4. The smallest absolute Gasteiger partial charge is 0.419 e. The third-order valence-corrected chi connectivity index (χ3v) is 15.5. The van der Waals surface area contributed by atoms with Gasteiger partial charge in [0.15, 0.2) is 0 Å². The Morgan fingerprint density at radius 1 is 0.575 bits per heavy atom. The number of carbonyl (C=O) groups excluding carboxylic acids is 9. The van der Waals surface area contributed by atoms with E-state index in [0.29, 0.717) is 47.7 Å². The van der Waals surface area contributed by atoms with Crippen LogP contribution in [0.2, 0.25) is 0 Å². The van der Waals surface area contributed by atoms with Crippen LogP contribution in [0.1, 0.15) is 139 Å². The molecule has 4 saturated heterocycles. The first kappa shape index (κ1) is 60.8. The predicted octanol–water partition coefficient (Wildman–Crippen LogP) is 4.92. The average Bonchev–Trinajstić information content (AvgIpc) is 4.25. The summed E-state index contributed by atoms with van der Waals surface area (Å²) >= 11 is 0. The van der Waals surface area contributed by atoms with Crippen LogP contribution >= 0.6 is 0 Å². The molecule has 4 fully saturated rings. The molecule has 5 N–H and O–H groups in total. The first-order valence-electron chi connectivity index (χ1n) is 28.7. The number of rotatable bonds is 10. The summed E-state index contributed by atoms with van der Waals surface area (Å²) in [5.41, 5.74) is 0.104. The Labute approximate surface area is 470 Å². The number of ether oxygens (including phenoxy) is 2. The molecule has 2 aromatic carbocycles. The van der Waals surface area contributed by atoms with Crippen LogP contribution < -0.4 is 26.6 Å². The van der Waals surface area contributed by atoms with Crippen LogP contribution in [0.25, 0.3) is 10.9 Å². The largest absolute Gasteiger partial charge is 0.443 e. The molecule has 20 heteroatoms. The van der Waals surface area contributed by atoms with Crippen LogP contribution in [-0.2, 0) is 60.7 Å². The van der Waals surface area contributed by atoms with Gasteiger partial charge in [-0.15, -0.1) is 0 Å². The fourth-order valence-corrected chi connectivity index (χ4v) is 11.5. The second-order valence-corrected chi connectivity index (χ2v) is 24.6. The lowest BCUT2D eigenvalue weighted by Crippen LogP contribution is -2.63. The molecule has 8 amide bonds. The number of nitrogens with zero attached hydrogens (tertiary/aromatic N) is 4. The summed E-state index contributed by atoms with van der Waals surface area (Å²) < 4.78 is 13.4. The van der Waals surface area contributed by atoms with Gasteiger partial charge in [0.05, 0.1) is 17.2 Å². The SMILES string of the molecule is CC[C@H](C)[C@@H]1NC(=O)[C@@H]2CCCN2C(=O)[C@H]([C@@H](C)OC(C)(C)C)NC(=O)[C@H](CC(C)C)NC(=O)[C@@H]2CCCN2C(=O)[C@H](Cc2ccccc2)NC(=O)[C@H](Cc2cn(C(=O)OC(C)(C)C)c3ccccc23)NC(=O)[C@@H]2CCCN2C1=O. The van der Waals surface area contributed by atoms with Crippen LogP contribution in [0, 0.1) is 11.8 Å². The molecule has 0 spiro atoms. The lowest BCUT2D eigenvalue weighted by molar-refractivity contribution is -0.150. The van der Waals surface area contributed by atoms with Gasteiger partial charge < -0.3 is 50.8 Å². The maximum absolute atomic E-state index is 15.3. The van der Waals surface area contributed by atoms with Crippen LogP contribution in [0.4, 0.5) is 4.79 Å². The highest BCUT2D eigenvalue weighted by atomic mass is 16.6. The van der Waals surface area contributed by atoms with Crippen LogP contribution in [0.15, 0.2) is 60.8 Å². The molecule has 0 saturated carbocycles. The van der Waals surface area contributed by atoms with E-state index >= 15 is 14.4 Å². The molecule has 80 heavy (non-hydrogen) atoms. The summed E-state index contributed by atoms with van der Waals surface area (Å²) in [4.78, 5) is 137. The van der Waals surface area contributed by atoms with Gasteiger partial charge in [-0.3, -0.25) is 42.9 Å². The van der Waals surface area contributed by atoms with Crippen molar-refractivity contribution >= 4 is 64.3 Å². The maximum atomic E-state index is 15.3. The van der Waals surface area contributed by atoms with Crippen molar-refractivity contribution < 1.29 is 52.6 Å². The van der Waals surface area contributed by atoms with Crippen molar-refractivity contribution in [2.75, 3.05) is 19.6 Å². The van der Waals surface area contributed by atoms with E-state index in [-0.39, 0.29) is 64.1 Å². The number of aromatic nitrogens is 1. The number of hydrogen-bond donors (Lipinski definition) is 5. The quantitative estimate of drug-likeness (QED) is 0.183. The fourth-order valence-electron chi connectivity index (χ4n) is 11.5. The van der Waals surface area contributed by atoms with Crippen molar-refractivity contribution in [3.63, 3.8) is 0 Å². The van der Waals surface area contributed by atoms with Crippen molar-refractivity contribution in [1.29, 1.82) is 0 Å². The Hall–Kier alpha value is -6.83. The summed E-state index contributed by atoms with van der Waals surface area (Å²) in [5.74, 6) is -5.35. The summed E-state index contributed by atoms with van der Waals surface area (Å²) in [5, 5.41) is 15.4. The molecule has 0 aliphatic carbocycles. The Bertz CT molecular complexity index is 2770. The second kappa shape index (κ2) is 25.7. The molecule has 0 unspecified atom stereocenters. The van der Waals surface area contributed by atoms with Crippen LogP contribution in [-0.4, -0.2) is 158 Å². The molecule has 5 heterocycles. The molecule has 0 radical (unpaired) electrons. The third kappa shape index (κ3) is 14.7. The minimum absolute atomic E-state index is 0.00297. The van der Waals surface area contributed by atoms with Crippen molar-refractivity contribution in [3.05, 3.63) is 71.9 Å². The molecule has 3 aromatic rings. The number of para-hydroxylation sites is 1. The van der Waals surface area contributed by atoms with Gasteiger partial charge in [-0.05, 0) is 122 Å². The van der Waals surface area contributed by atoms with Gasteiger partial charge >= 0.3 is 6.09 Å². The summed E-state index contributed by atoms with van der Waals surface area (Å²) in [6.07, 6.45) is 2.59. The molecule has 4 aliphatic rings. The number of hydrogen-bond acceptors (Lipinski definition) is 11. The Morgan fingerprint density at radius 2 is 1.06 bits per heavy atom. The zero-order chi connectivity index (χ0) is 58.4. The molecule has 1 aromatic heterocycles. The monoisotopic (exact) mass is 1110 g/mol. The van der Waals surface area contributed by atoms with Gasteiger partial charge in [-0.1, -0.05) is 82.6 Å². The van der Waals surface area contributed by atoms with E-state index in [1.54, 1.807) is 70.3 Å². The van der Waals surface area contributed by atoms with Crippen molar-refractivity contribution in [3.8, 4) is 0 Å². The highest BCUT2D eigenvalue weighted by Crippen LogP contribution is 2.29. The summed E-state index contributed by atoms with van der Waals surface area (Å²) in [7, 11) is 0. The number of benzene rings is 2. The van der Waals surface area contributed by atoms with Crippen LogP contribution in [0.3, 0.4) is 0 Å². The molecule has 436 valence electrons. The molecule has 20 nitrogen and oxygen atoms in total. The van der Waals surface area contributed by atoms with Crippen molar-refractivity contribution in [2.45, 2.75) is 206 Å². The van der Waals surface area contributed by atoms with Gasteiger partial charge in [0.25, 0.3) is 0 Å². The van der Waals surface area contributed by atoms with Gasteiger partial charge in [-0.2, -0.15) is 0 Å². The topological polar surface area (TPSA) is 247 Å². The fraction of sp³-hybridized carbons (Fsp3) is 0.617. The van der Waals surface area contributed by atoms with Crippen molar-refractivity contribution in [1.82, 2.24) is 45.9 Å². The van der Waals surface area contributed by atoms with E-state index < -0.39 is 125 Å². The normalized spacial score (nSPS) is 26.2. The summed E-state index contributed by atoms with van der Waals surface area (Å²) in [6, 6.07) is 6.79. The van der Waals surface area contributed by atoms with Gasteiger partial charge in [0.1, 0.15) is 53.9 Å². The number of amides is 8. The maximum Gasteiger partial charge on any atom is 0.419 e. The van der Waals surface area contributed by atoms with Gasteiger partial charge in [0.2, 0.25) is 47.3 Å². The van der Waals surface area contributed by atoms with E-state index in [1.165, 1.54) is 19.3 Å². The van der Waals surface area contributed by atoms with Crippen molar-refractivity contribution in [2.24, 2.45) is 11.8 Å². The van der Waals surface area contributed by atoms with Crippen LogP contribution in [0.5, 0.6) is 0 Å². The highest BCUT2D eigenvalue weighted by molar-refractivity contribution is 6.00. The summed E-state index contributed by atoms with van der Waals surface area (Å²) in [6.45, 7) is 20.4. The lowest BCUT2D eigenvalue weighted by atomic mass is 9.96. The zero-order valence-electron chi connectivity index (χ0n) is 48.6. The molecule has 10 atom stereocenters. The zero-order valence-corrected chi connectivity index (χ0v) is 48.6. The predicted molar refractivity (Wildman–Crippen MR) is 300 cm³/mol. The molecular weight excluding hydrogens is 1020 g/mol. The van der Waals surface area contributed by atoms with Gasteiger partial charge in [0, 0.05) is 44.1 Å². The molecule has 7 rings (SSSR count). The number of carbonyl (C=O) groups is 9.